The largest absolute Gasteiger partial charge is 0.493 e. The molecule has 1 aromatic carbocycles. The van der Waals surface area contributed by atoms with Crippen molar-refractivity contribution in [2.75, 3.05) is 20.8 Å². The second-order valence-corrected chi connectivity index (χ2v) is 8.33. The van der Waals surface area contributed by atoms with Crippen molar-refractivity contribution in [3.63, 3.8) is 0 Å². The van der Waals surface area contributed by atoms with Crippen molar-refractivity contribution >= 4 is 16.8 Å². The maximum Gasteiger partial charge on any atom is 0.293 e. The van der Waals surface area contributed by atoms with E-state index in [9.17, 15) is 9.59 Å². The predicted molar refractivity (Wildman–Crippen MR) is 118 cm³/mol. The van der Waals surface area contributed by atoms with Gasteiger partial charge in [0.1, 0.15) is 12.1 Å². The van der Waals surface area contributed by atoms with E-state index in [1.165, 1.54) is 4.68 Å². The van der Waals surface area contributed by atoms with Gasteiger partial charge < -0.3 is 14.8 Å². The third-order valence-corrected chi connectivity index (χ3v) is 4.98. The second kappa shape index (κ2) is 8.79. The number of hydrogen-bond donors (Lipinski definition) is 1. The lowest BCUT2D eigenvalue weighted by Crippen LogP contribution is -2.36. The summed E-state index contributed by atoms with van der Waals surface area (Å²) in [7, 11) is 3.17. The van der Waals surface area contributed by atoms with Crippen LogP contribution in [0.1, 0.15) is 32.0 Å². The van der Waals surface area contributed by atoms with Gasteiger partial charge in [0, 0.05) is 11.9 Å². The van der Waals surface area contributed by atoms with E-state index in [0.29, 0.717) is 41.1 Å². The van der Waals surface area contributed by atoms with Crippen LogP contribution < -0.4 is 20.3 Å². The maximum atomic E-state index is 13.0. The molecule has 0 radical (unpaired) electrons. The van der Waals surface area contributed by atoms with E-state index in [-0.39, 0.29) is 23.6 Å². The smallest absolute Gasteiger partial charge is 0.293 e. The molecule has 0 bridgehead atoms. The van der Waals surface area contributed by atoms with Crippen LogP contribution in [0.25, 0.3) is 10.9 Å². The maximum absolute atomic E-state index is 13.0. The van der Waals surface area contributed by atoms with E-state index in [1.54, 1.807) is 25.1 Å². The molecule has 2 heterocycles. The molecule has 0 aliphatic rings. The first-order valence-electron chi connectivity index (χ1n) is 10.1. The van der Waals surface area contributed by atoms with Crippen LogP contribution in [0.5, 0.6) is 11.5 Å². The van der Waals surface area contributed by atoms with Crippen molar-refractivity contribution in [3.8, 4) is 11.5 Å². The lowest BCUT2D eigenvalue weighted by Gasteiger charge is -2.20. The summed E-state index contributed by atoms with van der Waals surface area (Å²) in [6.45, 7) is 7.99. The second-order valence-electron chi connectivity index (χ2n) is 8.33. The van der Waals surface area contributed by atoms with E-state index >= 15 is 0 Å². The summed E-state index contributed by atoms with van der Waals surface area (Å²) in [5.74, 6) is 1.01. The molecular formula is C22H29N5O4. The molecule has 0 saturated carbocycles. The summed E-state index contributed by atoms with van der Waals surface area (Å²) >= 11 is 0. The van der Waals surface area contributed by atoms with Gasteiger partial charge in [-0.15, -0.1) is 0 Å². The molecule has 0 unspecified atom stereocenters. The molecule has 1 N–H and O–H groups in total. The van der Waals surface area contributed by atoms with Gasteiger partial charge in [0.15, 0.2) is 11.5 Å². The Morgan fingerprint density at radius 3 is 2.52 bits per heavy atom. The number of benzene rings is 1. The summed E-state index contributed by atoms with van der Waals surface area (Å²) < 4.78 is 13.4. The molecule has 1 amide bonds. The fraction of sp³-hybridized carbons (Fsp3) is 0.455. The number of aromatic nitrogens is 4. The van der Waals surface area contributed by atoms with Gasteiger partial charge in [0.25, 0.3) is 5.56 Å². The third kappa shape index (κ3) is 4.70. The van der Waals surface area contributed by atoms with Crippen LogP contribution in [-0.2, 0) is 23.3 Å². The number of aryl methyl sites for hydroxylation is 1. The molecule has 0 spiro atoms. The fourth-order valence-corrected chi connectivity index (χ4v) is 3.41. The van der Waals surface area contributed by atoms with E-state index in [4.69, 9.17) is 9.47 Å². The topological polar surface area (TPSA) is 100 Å². The summed E-state index contributed by atoms with van der Waals surface area (Å²) in [6, 6.07) is 5.63. The summed E-state index contributed by atoms with van der Waals surface area (Å²) in [5.41, 5.74) is 1.41. The number of carbonyl (C=O) groups excluding carboxylic acids is 1. The monoisotopic (exact) mass is 427 g/mol. The molecule has 0 saturated heterocycles. The summed E-state index contributed by atoms with van der Waals surface area (Å²) in [5, 5.41) is 12.2. The molecule has 9 heteroatoms. The third-order valence-electron chi connectivity index (χ3n) is 4.98. The van der Waals surface area contributed by atoms with Gasteiger partial charge in [-0.05, 0) is 51.8 Å². The number of nitrogens with one attached hydrogen (secondary N) is 1. The van der Waals surface area contributed by atoms with Gasteiger partial charge in [0.2, 0.25) is 5.91 Å². The standard InChI is InChI=1S/C22H29N5O4/c1-14-16-12-24-27(22(2,3)4)20(16)21(29)26(25-14)13-19(28)23-10-9-15-7-8-17(30-5)18(11-15)31-6/h7-8,11-12H,9-10,13H2,1-6H3,(H,23,28). The molecule has 31 heavy (non-hydrogen) atoms. The Bertz CT molecular complexity index is 1160. The van der Waals surface area contributed by atoms with Crippen molar-refractivity contribution in [3.05, 3.63) is 46.0 Å². The Balaban J connectivity index is 1.71. The SMILES string of the molecule is COc1ccc(CCNC(=O)Cn2nc(C)c3cnn(C(C)(C)C)c3c2=O)cc1OC. The van der Waals surface area contributed by atoms with E-state index in [2.05, 4.69) is 15.5 Å². The number of carbonyl (C=O) groups is 1. The van der Waals surface area contributed by atoms with E-state index in [0.717, 1.165) is 5.56 Å². The highest BCUT2D eigenvalue weighted by atomic mass is 16.5. The zero-order chi connectivity index (χ0) is 22.8. The highest BCUT2D eigenvalue weighted by Gasteiger charge is 2.22. The Morgan fingerprint density at radius 1 is 1.16 bits per heavy atom. The number of fused-ring (bicyclic) bond motifs is 1. The molecule has 3 rings (SSSR count). The molecule has 2 aromatic heterocycles. The lowest BCUT2D eigenvalue weighted by atomic mass is 10.1. The van der Waals surface area contributed by atoms with Gasteiger partial charge >= 0.3 is 0 Å². The quantitative estimate of drug-likeness (QED) is 0.619. The van der Waals surface area contributed by atoms with Crippen LogP contribution in [0.2, 0.25) is 0 Å². The van der Waals surface area contributed by atoms with Gasteiger partial charge in [0.05, 0.1) is 31.6 Å². The van der Waals surface area contributed by atoms with Gasteiger partial charge in [-0.1, -0.05) is 6.07 Å². The van der Waals surface area contributed by atoms with Gasteiger partial charge in [-0.2, -0.15) is 10.2 Å². The number of nitrogens with zero attached hydrogens (tertiary/aromatic N) is 4. The Labute approximate surface area is 181 Å². The first kappa shape index (κ1) is 22.3. The Kier molecular flexibility index (Phi) is 6.33. The highest BCUT2D eigenvalue weighted by Crippen LogP contribution is 2.27. The van der Waals surface area contributed by atoms with Crippen LogP contribution in [0.15, 0.2) is 29.2 Å². The van der Waals surface area contributed by atoms with Crippen LogP contribution in [0, 0.1) is 6.92 Å². The number of ether oxygens (including phenoxy) is 2. The number of amides is 1. The molecular weight excluding hydrogens is 398 g/mol. The Hall–Kier alpha value is -3.36. The van der Waals surface area contributed by atoms with Crippen LogP contribution in [0.4, 0.5) is 0 Å². The molecule has 0 aliphatic heterocycles. The minimum Gasteiger partial charge on any atom is -0.493 e. The van der Waals surface area contributed by atoms with Crippen molar-refractivity contribution in [1.29, 1.82) is 0 Å². The number of rotatable bonds is 7. The molecule has 3 aromatic rings. The fourth-order valence-electron chi connectivity index (χ4n) is 3.41. The van der Waals surface area contributed by atoms with Crippen molar-refractivity contribution in [2.45, 2.75) is 46.2 Å². The van der Waals surface area contributed by atoms with Gasteiger partial charge in [-0.3, -0.25) is 14.3 Å². The number of methoxy groups -OCH3 is 2. The first-order valence-corrected chi connectivity index (χ1v) is 10.1. The Morgan fingerprint density at radius 2 is 1.87 bits per heavy atom. The molecule has 9 nitrogen and oxygen atoms in total. The molecule has 0 fully saturated rings. The van der Waals surface area contributed by atoms with E-state index < -0.39 is 0 Å². The zero-order valence-corrected chi connectivity index (χ0v) is 18.9. The minimum atomic E-state index is -0.367. The summed E-state index contributed by atoms with van der Waals surface area (Å²) in [4.78, 5) is 25.5. The van der Waals surface area contributed by atoms with Crippen molar-refractivity contribution in [1.82, 2.24) is 24.9 Å². The highest BCUT2D eigenvalue weighted by molar-refractivity contribution is 5.81. The van der Waals surface area contributed by atoms with Crippen LogP contribution in [-0.4, -0.2) is 46.2 Å². The number of hydrogen-bond acceptors (Lipinski definition) is 6. The molecule has 0 atom stereocenters. The predicted octanol–water partition coefficient (Wildman–Crippen LogP) is 2.03. The van der Waals surface area contributed by atoms with E-state index in [1.807, 2.05) is 45.9 Å². The first-order chi connectivity index (χ1) is 14.7. The zero-order valence-electron chi connectivity index (χ0n) is 18.9. The van der Waals surface area contributed by atoms with Gasteiger partial charge in [-0.25, -0.2) is 4.68 Å². The van der Waals surface area contributed by atoms with Crippen LogP contribution in [0.3, 0.4) is 0 Å². The lowest BCUT2D eigenvalue weighted by molar-refractivity contribution is -0.121. The average molecular weight is 428 g/mol. The van der Waals surface area contributed by atoms with Crippen LogP contribution >= 0.6 is 0 Å². The summed E-state index contributed by atoms with van der Waals surface area (Å²) in [6.07, 6.45) is 2.27. The molecule has 166 valence electrons. The van der Waals surface area contributed by atoms with Crippen molar-refractivity contribution < 1.29 is 14.3 Å². The minimum absolute atomic E-state index is 0.156. The normalized spacial score (nSPS) is 11.5. The molecule has 0 aliphatic carbocycles. The van der Waals surface area contributed by atoms with Crippen molar-refractivity contribution in [2.24, 2.45) is 0 Å². The average Bonchev–Trinajstić information content (AvgIpc) is 3.18.